The second kappa shape index (κ2) is 7.22. The Labute approximate surface area is 125 Å². The zero-order valence-electron chi connectivity index (χ0n) is 13.1. The molecule has 0 amide bonds. The standard InChI is InChI=1S/C16H23N3O2/c1-11(2)16-18-15(19-21-16)10-20-14-7-5-13(6-8-14)9-12(3)17-4/h5-8,11-12,17H,9-10H2,1-4H3. The van der Waals surface area contributed by atoms with Crippen molar-refractivity contribution >= 4 is 0 Å². The van der Waals surface area contributed by atoms with E-state index in [1.165, 1.54) is 5.56 Å². The zero-order chi connectivity index (χ0) is 15.2. The predicted octanol–water partition coefficient (Wildman–Crippen LogP) is 2.92. The normalized spacial score (nSPS) is 12.6. The molecule has 0 bridgehead atoms. The third-order valence-electron chi connectivity index (χ3n) is 3.30. The lowest BCUT2D eigenvalue weighted by atomic mass is 10.1. The van der Waals surface area contributed by atoms with E-state index in [-0.39, 0.29) is 5.92 Å². The molecule has 5 nitrogen and oxygen atoms in total. The van der Waals surface area contributed by atoms with Gasteiger partial charge in [-0.15, -0.1) is 0 Å². The van der Waals surface area contributed by atoms with Crippen LogP contribution in [0.5, 0.6) is 5.75 Å². The SMILES string of the molecule is CNC(C)Cc1ccc(OCc2noc(C(C)C)n2)cc1. The molecular formula is C16H23N3O2. The summed E-state index contributed by atoms with van der Waals surface area (Å²) in [6.45, 7) is 6.52. The van der Waals surface area contributed by atoms with E-state index in [4.69, 9.17) is 9.26 Å². The minimum absolute atomic E-state index is 0.236. The maximum atomic E-state index is 5.67. The Bertz CT molecular complexity index is 549. The summed E-state index contributed by atoms with van der Waals surface area (Å²) in [7, 11) is 1.97. The van der Waals surface area contributed by atoms with Crippen LogP contribution in [0.25, 0.3) is 0 Å². The van der Waals surface area contributed by atoms with E-state index >= 15 is 0 Å². The number of benzene rings is 1. The van der Waals surface area contributed by atoms with Gasteiger partial charge in [-0.05, 0) is 38.1 Å². The fraction of sp³-hybridized carbons (Fsp3) is 0.500. The Hall–Kier alpha value is -1.88. The number of nitrogens with zero attached hydrogens (tertiary/aromatic N) is 2. The van der Waals surface area contributed by atoms with Crippen molar-refractivity contribution in [3.8, 4) is 5.75 Å². The number of hydrogen-bond acceptors (Lipinski definition) is 5. The molecule has 0 saturated carbocycles. The summed E-state index contributed by atoms with van der Waals surface area (Å²) in [6.07, 6.45) is 0.999. The lowest BCUT2D eigenvalue weighted by Crippen LogP contribution is -2.23. The van der Waals surface area contributed by atoms with Crippen molar-refractivity contribution in [2.24, 2.45) is 0 Å². The van der Waals surface area contributed by atoms with Crippen LogP contribution in [0, 0.1) is 0 Å². The fourth-order valence-electron chi connectivity index (χ4n) is 1.89. The van der Waals surface area contributed by atoms with Crippen molar-refractivity contribution in [2.75, 3.05) is 7.05 Å². The quantitative estimate of drug-likeness (QED) is 0.849. The molecule has 5 heteroatoms. The first-order valence-electron chi connectivity index (χ1n) is 7.30. The van der Waals surface area contributed by atoms with E-state index in [2.05, 4.69) is 34.5 Å². The second-order valence-corrected chi connectivity index (χ2v) is 5.53. The van der Waals surface area contributed by atoms with E-state index in [9.17, 15) is 0 Å². The lowest BCUT2D eigenvalue weighted by molar-refractivity contribution is 0.284. The van der Waals surface area contributed by atoms with Crippen LogP contribution in [0.2, 0.25) is 0 Å². The van der Waals surface area contributed by atoms with Gasteiger partial charge in [-0.3, -0.25) is 0 Å². The second-order valence-electron chi connectivity index (χ2n) is 5.53. The first kappa shape index (κ1) is 15.5. The molecule has 0 fully saturated rings. The van der Waals surface area contributed by atoms with E-state index in [1.807, 2.05) is 33.0 Å². The molecule has 1 atom stereocenters. The molecule has 1 unspecified atom stereocenters. The van der Waals surface area contributed by atoms with Crippen LogP contribution < -0.4 is 10.1 Å². The Morgan fingerprint density at radius 2 is 1.90 bits per heavy atom. The minimum atomic E-state index is 0.236. The van der Waals surface area contributed by atoms with Gasteiger partial charge in [0, 0.05) is 12.0 Å². The fourth-order valence-corrected chi connectivity index (χ4v) is 1.89. The molecule has 1 heterocycles. The van der Waals surface area contributed by atoms with Crippen molar-refractivity contribution in [3.63, 3.8) is 0 Å². The number of aromatic nitrogens is 2. The molecule has 21 heavy (non-hydrogen) atoms. The average molecular weight is 289 g/mol. The monoisotopic (exact) mass is 289 g/mol. The molecule has 2 aromatic rings. The number of rotatable bonds is 7. The molecule has 0 saturated heterocycles. The summed E-state index contributed by atoms with van der Waals surface area (Å²) in [5, 5.41) is 7.13. The highest BCUT2D eigenvalue weighted by Crippen LogP contribution is 2.16. The third-order valence-corrected chi connectivity index (χ3v) is 3.30. The highest BCUT2D eigenvalue weighted by molar-refractivity contribution is 5.27. The summed E-state index contributed by atoms with van der Waals surface area (Å²) >= 11 is 0. The molecule has 0 aliphatic rings. The van der Waals surface area contributed by atoms with E-state index in [0.717, 1.165) is 12.2 Å². The maximum Gasteiger partial charge on any atom is 0.229 e. The average Bonchev–Trinajstić information content (AvgIpc) is 2.95. The van der Waals surface area contributed by atoms with Crippen molar-refractivity contribution in [2.45, 2.75) is 45.8 Å². The van der Waals surface area contributed by atoms with Gasteiger partial charge in [-0.25, -0.2) is 0 Å². The smallest absolute Gasteiger partial charge is 0.229 e. The van der Waals surface area contributed by atoms with Crippen LogP contribution in [0.1, 0.15) is 44.0 Å². The first-order chi connectivity index (χ1) is 10.1. The van der Waals surface area contributed by atoms with Crippen LogP contribution in [-0.2, 0) is 13.0 Å². The Morgan fingerprint density at radius 1 is 1.19 bits per heavy atom. The highest BCUT2D eigenvalue weighted by atomic mass is 16.5. The van der Waals surface area contributed by atoms with Gasteiger partial charge < -0.3 is 14.6 Å². The molecule has 0 spiro atoms. The van der Waals surface area contributed by atoms with E-state index in [0.29, 0.717) is 24.4 Å². The summed E-state index contributed by atoms with van der Waals surface area (Å²) in [4.78, 5) is 4.28. The van der Waals surface area contributed by atoms with Crippen LogP contribution >= 0.6 is 0 Å². The number of nitrogens with one attached hydrogen (secondary N) is 1. The van der Waals surface area contributed by atoms with Crippen molar-refractivity contribution in [1.82, 2.24) is 15.5 Å². The molecule has 1 aromatic heterocycles. The molecule has 1 N–H and O–H groups in total. The zero-order valence-corrected chi connectivity index (χ0v) is 13.1. The van der Waals surface area contributed by atoms with Crippen LogP contribution in [0.4, 0.5) is 0 Å². The molecule has 1 aromatic carbocycles. The van der Waals surface area contributed by atoms with Crippen LogP contribution in [0.3, 0.4) is 0 Å². The van der Waals surface area contributed by atoms with Gasteiger partial charge in [0.05, 0.1) is 0 Å². The molecule has 0 aliphatic carbocycles. The van der Waals surface area contributed by atoms with Crippen molar-refractivity contribution in [1.29, 1.82) is 0 Å². The van der Waals surface area contributed by atoms with Crippen molar-refractivity contribution < 1.29 is 9.26 Å². The number of hydrogen-bond donors (Lipinski definition) is 1. The van der Waals surface area contributed by atoms with Gasteiger partial charge in [0.2, 0.25) is 11.7 Å². The summed E-state index contributed by atoms with van der Waals surface area (Å²) < 4.78 is 10.8. The molecule has 0 radical (unpaired) electrons. The van der Waals surface area contributed by atoms with Gasteiger partial charge in [-0.1, -0.05) is 31.1 Å². The topological polar surface area (TPSA) is 60.2 Å². The summed E-state index contributed by atoms with van der Waals surface area (Å²) in [6, 6.07) is 8.57. The van der Waals surface area contributed by atoms with E-state index in [1.54, 1.807) is 0 Å². The van der Waals surface area contributed by atoms with Crippen molar-refractivity contribution in [3.05, 3.63) is 41.5 Å². The molecular weight excluding hydrogens is 266 g/mol. The Balaban J connectivity index is 1.88. The lowest BCUT2D eigenvalue weighted by Gasteiger charge is -2.10. The molecule has 2 rings (SSSR count). The van der Waals surface area contributed by atoms with Gasteiger partial charge in [0.1, 0.15) is 5.75 Å². The molecule has 114 valence electrons. The van der Waals surface area contributed by atoms with Gasteiger partial charge in [-0.2, -0.15) is 4.98 Å². The summed E-state index contributed by atoms with van der Waals surface area (Å²) in [5.74, 6) is 2.27. The largest absolute Gasteiger partial charge is 0.485 e. The van der Waals surface area contributed by atoms with E-state index < -0.39 is 0 Å². The van der Waals surface area contributed by atoms with Gasteiger partial charge in [0.25, 0.3) is 0 Å². The third kappa shape index (κ3) is 4.56. The Morgan fingerprint density at radius 3 is 2.48 bits per heavy atom. The van der Waals surface area contributed by atoms with Gasteiger partial charge in [0.15, 0.2) is 6.61 Å². The van der Waals surface area contributed by atoms with Crippen LogP contribution in [0.15, 0.2) is 28.8 Å². The number of likely N-dealkylation sites (N-methyl/N-ethyl adjacent to an activating group) is 1. The first-order valence-corrected chi connectivity index (χ1v) is 7.30. The summed E-state index contributed by atoms with van der Waals surface area (Å²) in [5.41, 5.74) is 1.28. The minimum Gasteiger partial charge on any atom is -0.485 e. The molecule has 0 aliphatic heterocycles. The van der Waals surface area contributed by atoms with Crippen LogP contribution in [-0.4, -0.2) is 23.2 Å². The highest BCUT2D eigenvalue weighted by Gasteiger charge is 2.10. The number of ether oxygens (including phenoxy) is 1. The van der Waals surface area contributed by atoms with Gasteiger partial charge >= 0.3 is 0 Å². The predicted molar refractivity (Wildman–Crippen MR) is 81.4 cm³/mol. The maximum absolute atomic E-state index is 5.67. The Kier molecular flexibility index (Phi) is 5.33.